The Bertz CT molecular complexity index is 171. The molecule has 0 saturated heterocycles. The van der Waals surface area contributed by atoms with Crippen molar-refractivity contribution in [2.24, 2.45) is 0 Å². The fourth-order valence-electron chi connectivity index (χ4n) is 0.464. The predicted octanol–water partition coefficient (Wildman–Crippen LogP) is 1.93. The van der Waals surface area contributed by atoms with Gasteiger partial charge in [0.05, 0.1) is 6.07 Å². The van der Waals surface area contributed by atoms with E-state index in [0.717, 1.165) is 6.42 Å². The summed E-state index contributed by atoms with van der Waals surface area (Å²) < 4.78 is 10.0. The van der Waals surface area contributed by atoms with Crippen molar-refractivity contribution in [1.29, 1.82) is 5.26 Å². The fourth-order valence-corrected chi connectivity index (χ4v) is 0.793. The van der Waals surface area contributed by atoms with E-state index in [1.807, 2.05) is 6.07 Å². The molecule has 0 fully saturated rings. The zero-order valence-corrected chi connectivity index (χ0v) is 6.42. The summed E-state index contributed by atoms with van der Waals surface area (Å²) in [6, 6.07) is 1.99. The van der Waals surface area contributed by atoms with E-state index in [0.29, 0.717) is 12.8 Å². The topological polar surface area (TPSA) is 61.1 Å². The first-order chi connectivity index (χ1) is 4.77. The molecule has 3 nitrogen and oxygen atoms in total. The van der Waals surface area contributed by atoms with Crippen molar-refractivity contribution in [2.75, 3.05) is 0 Å². The molecule has 0 saturated carbocycles. The van der Waals surface area contributed by atoms with Crippen molar-refractivity contribution in [3.8, 4) is 6.07 Å². The maximum Gasteiger partial charge on any atom is 0.537 e. The van der Waals surface area contributed by atoms with Gasteiger partial charge in [-0.05, 0) is 23.5 Å². The molecule has 0 heterocycles. The van der Waals surface area contributed by atoms with Crippen LogP contribution in [0.1, 0.15) is 19.3 Å². The van der Waals surface area contributed by atoms with Gasteiger partial charge in [0.25, 0.3) is 0 Å². The van der Waals surface area contributed by atoms with Crippen LogP contribution in [0.5, 0.6) is 0 Å². The lowest BCUT2D eigenvalue weighted by atomic mass is 10.2. The van der Waals surface area contributed by atoms with Crippen LogP contribution in [0.4, 0.5) is 0 Å². The Morgan fingerprint density at radius 1 is 1.70 bits per heavy atom. The second-order valence-corrected chi connectivity index (χ2v) is 2.64. The predicted molar refractivity (Wildman–Crippen MR) is 38.4 cm³/mol. The Kier molecular flexibility index (Phi) is 5.96. The molecule has 0 aliphatic carbocycles. The average molecular weight is 158 g/mol. The molecular weight excluding hydrogens is 149 g/mol. The van der Waals surface area contributed by atoms with Gasteiger partial charge in [0.1, 0.15) is 0 Å². The molecule has 0 rings (SSSR count). The van der Waals surface area contributed by atoms with Gasteiger partial charge in [-0.3, -0.25) is 0 Å². The summed E-state index contributed by atoms with van der Waals surface area (Å²) in [5.74, 6) is 1.24. The normalized spacial score (nSPS) is 11.4. The van der Waals surface area contributed by atoms with Gasteiger partial charge in [-0.25, -0.2) is 0 Å². The standard InChI is InChI=1S/C6H8NO2P/c7-5-3-1-2-4-6-10(8)9/h4,6H,1-3H2/p+1/b6-4+. The van der Waals surface area contributed by atoms with Crippen molar-refractivity contribution in [1.82, 2.24) is 0 Å². The summed E-state index contributed by atoms with van der Waals surface area (Å²) in [6.45, 7) is 0. The van der Waals surface area contributed by atoms with Gasteiger partial charge in [0.2, 0.25) is 0 Å². The van der Waals surface area contributed by atoms with Crippen LogP contribution in [-0.4, -0.2) is 4.89 Å². The summed E-state index contributed by atoms with van der Waals surface area (Å²) in [6.07, 6.45) is 3.59. The highest BCUT2D eigenvalue weighted by Gasteiger charge is 1.98. The number of unbranched alkanes of at least 4 members (excludes halogenated alkanes) is 2. The highest BCUT2D eigenvalue weighted by atomic mass is 31.1. The second-order valence-electron chi connectivity index (χ2n) is 1.74. The zero-order chi connectivity index (χ0) is 7.82. The Hall–Kier alpha value is -0.710. The zero-order valence-electron chi connectivity index (χ0n) is 5.53. The number of nitrogens with zero attached hydrogens (tertiary/aromatic N) is 1. The molecular formula is C6H9NO2P+. The van der Waals surface area contributed by atoms with Crippen LogP contribution in [0.25, 0.3) is 0 Å². The van der Waals surface area contributed by atoms with Crippen LogP contribution < -0.4 is 0 Å². The van der Waals surface area contributed by atoms with Crippen LogP contribution in [0.2, 0.25) is 0 Å². The summed E-state index contributed by atoms with van der Waals surface area (Å²) in [7, 11) is -2.13. The van der Waals surface area contributed by atoms with Crippen molar-refractivity contribution in [3.63, 3.8) is 0 Å². The Morgan fingerprint density at radius 3 is 2.90 bits per heavy atom. The van der Waals surface area contributed by atoms with E-state index in [2.05, 4.69) is 0 Å². The smallest absolute Gasteiger partial charge is 0.198 e. The van der Waals surface area contributed by atoms with Gasteiger partial charge in [-0.2, -0.15) is 10.2 Å². The fraction of sp³-hybridized carbons (Fsp3) is 0.500. The van der Waals surface area contributed by atoms with E-state index in [1.54, 1.807) is 6.08 Å². The van der Waals surface area contributed by atoms with Crippen molar-refractivity contribution >= 4 is 8.03 Å². The van der Waals surface area contributed by atoms with Crippen LogP contribution >= 0.6 is 8.03 Å². The van der Waals surface area contributed by atoms with Gasteiger partial charge in [-0.15, -0.1) is 0 Å². The minimum atomic E-state index is -2.13. The Morgan fingerprint density at radius 2 is 2.40 bits per heavy atom. The number of allylic oxidation sites excluding steroid dienone is 1. The van der Waals surface area contributed by atoms with E-state index in [4.69, 9.17) is 10.2 Å². The summed E-state index contributed by atoms with van der Waals surface area (Å²) in [5.41, 5.74) is 0. The molecule has 0 aliphatic rings. The molecule has 0 aromatic rings. The summed E-state index contributed by atoms with van der Waals surface area (Å²) in [4.78, 5) is 8.27. The van der Waals surface area contributed by atoms with E-state index >= 15 is 0 Å². The molecule has 1 atom stereocenters. The third-order valence-electron chi connectivity index (χ3n) is 0.892. The van der Waals surface area contributed by atoms with Gasteiger partial charge in [0, 0.05) is 6.42 Å². The van der Waals surface area contributed by atoms with Gasteiger partial charge in [0.15, 0.2) is 5.82 Å². The van der Waals surface area contributed by atoms with Crippen LogP contribution in [-0.2, 0) is 4.57 Å². The highest BCUT2D eigenvalue weighted by molar-refractivity contribution is 7.41. The maximum absolute atomic E-state index is 10.0. The first kappa shape index (κ1) is 9.29. The van der Waals surface area contributed by atoms with E-state index < -0.39 is 8.03 Å². The summed E-state index contributed by atoms with van der Waals surface area (Å²) in [5, 5.41) is 8.09. The second kappa shape index (κ2) is 6.41. The third kappa shape index (κ3) is 7.29. The molecule has 0 radical (unpaired) electrons. The van der Waals surface area contributed by atoms with Crippen LogP contribution in [0.15, 0.2) is 11.9 Å². The highest BCUT2D eigenvalue weighted by Crippen LogP contribution is 2.14. The van der Waals surface area contributed by atoms with Crippen molar-refractivity contribution < 1.29 is 9.46 Å². The Labute approximate surface area is 60.9 Å². The molecule has 1 unspecified atom stereocenters. The summed E-state index contributed by atoms with van der Waals surface area (Å²) >= 11 is 0. The first-order valence-corrected chi connectivity index (χ1v) is 4.24. The average Bonchev–Trinajstić information content (AvgIpc) is 1.87. The molecule has 0 aromatic carbocycles. The molecule has 10 heavy (non-hydrogen) atoms. The molecule has 0 aromatic heterocycles. The quantitative estimate of drug-likeness (QED) is 0.502. The molecule has 54 valence electrons. The van der Waals surface area contributed by atoms with Crippen molar-refractivity contribution in [2.45, 2.75) is 19.3 Å². The molecule has 1 N–H and O–H groups in total. The minimum absolute atomic E-state index is 0.506. The van der Waals surface area contributed by atoms with E-state index in [9.17, 15) is 4.57 Å². The third-order valence-corrected chi connectivity index (χ3v) is 1.36. The number of hydrogen-bond donors (Lipinski definition) is 1. The van der Waals surface area contributed by atoms with Crippen molar-refractivity contribution in [3.05, 3.63) is 11.9 Å². The molecule has 0 spiro atoms. The lowest BCUT2D eigenvalue weighted by Gasteiger charge is -1.80. The van der Waals surface area contributed by atoms with Crippen LogP contribution in [0.3, 0.4) is 0 Å². The largest absolute Gasteiger partial charge is 0.537 e. The van der Waals surface area contributed by atoms with Crippen LogP contribution in [0, 0.1) is 11.3 Å². The maximum atomic E-state index is 10.0. The lowest BCUT2D eigenvalue weighted by Crippen LogP contribution is -1.66. The molecule has 0 amide bonds. The SMILES string of the molecule is N#CCCC/C=C/[P+](=O)O. The monoisotopic (exact) mass is 158 g/mol. The number of nitriles is 1. The van der Waals surface area contributed by atoms with E-state index in [-0.39, 0.29) is 0 Å². The molecule has 0 bridgehead atoms. The van der Waals surface area contributed by atoms with Gasteiger partial charge >= 0.3 is 8.03 Å². The molecule has 0 aliphatic heterocycles. The number of hydrogen-bond acceptors (Lipinski definition) is 2. The van der Waals surface area contributed by atoms with E-state index in [1.165, 1.54) is 5.82 Å². The first-order valence-electron chi connectivity index (χ1n) is 2.96. The minimum Gasteiger partial charge on any atom is -0.198 e. The lowest BCUT2D eigenvalue weighted by molar-refractivity contribution is 0.512. The molecule has 4 heteroatoms. The van der Waals surface area contributed by atoms with Gasteiger partial charge < -0.3 is 0 Å². The Balaban J connectivity index is 3.20. The van der Waals surface area contributed by atoms with Gasteiger partial charge in [-0.1, -0.05) is 0 Å². The number of rotatable bonds is 4.